The molecule has 7 heteroatoms. The maximum absolute atomic E-state index is 12.8. The number of aryl methyl sites for hydroxylation is 1. The molecule has 0 fully saturated rings. The molecule has 0 aromatic heterocycles. The van der Waals surface area contributed by atoms with Crippen LogP contribution < -0.4 is 16.0 Å². The Hall–Kier alpha value is -2.54. The van der Waals surface area contributed by atoms with Crippen LogP contribution in [0.25, 0.3) is 0 Å². The lowest BCUT2D eigenvalue weighted by molar-refractivity contribution is -0.120. The Labute approximate surface area is 163 Å². The normalized spacial score (nSPS) is 10.3. The first-order valence-electron chi connectivity index (χ1n) is 8.75. The lowest BCUT2D eigenvalue weighted by Gasteiger charge is -2.09. The number of amides is 3. The van der Waals surface area contributed by atoms with E-state index in [-0.39, 0.29) is 24.3 Å². The van der Waals surface area contributed by atoms with Crippen molar-refractivity contribution in [2.75, 3.05) is 18.8 Å². The summed E-state index contributed by atoms with van der Waals surface area (Å²) in [6, 6.07) is 13.8. The third kappa shape index (κ3) is 8.59. The zero-order valence-electron chi connectivity index (χ0n) is 15.3. The van der Waals surface area contributed by atoms with E-state index >= 15 is 0 Å². The first kappa shape index (κ1) is 20.8. The predicted octanol–water partition coefficient (Wildman–Crippen LogP) is 3.23. The first-order valence-corrected chi connectivity index (χ1v) is 9.74. The standard InChI is InChI=1S/C20H24FN3O2S/c1-15-3-5-16(6-4-15)13-23-20(26)24-14-19(25)22-11-2-12-27-18-9-7-17(21)8-10-18/h3-10H,2,11-14H2,1H3,(H,22,25)(H2,23,24,26). The summed E-state index contributed by atoms with van der Waals surface area (Å²) in [6.07, 6.45) is 0.785. The number of carbonyl (C=O) groups is 2. The van der Waals surface area contributed by atoms with E-state index in [2.05, 4.69) is 16.0 Å². The first-order chi connectivity index (χ1) is 13.0. The molecule has 0 spiro atoms. The molecule has 0 heterocycles. The van der Waals surface area contributed by atoms with Crippen LogP contribution in [0.3, 0.4) is 0 Å². The number of hydrogen-bond donors (Lipinski definition) is 3. The van der Waals surface area contributed by atoms with E-state index in [0.717, 1.165) is 28.2 Å². The summed E-state index contributed by atoms with van der Waals surface area (Å²) in [5.74, 6) is 0.338. The van der Waals surface area contributed by atoms with E-state index in [4.69, 9.17) is 0 Å². The quantitative estimate of drug-likeness (QED) is 0.456. The van der Waals surface area contributed by atoms with Gasteiger partial charge in [0.15, 0.2) is 0 Å². The Bertz CT molecular complexity index is 736. The molecule has 0 aliphatic heterocycles. The largest absolute Gasteiger partial charge is 0.355 e. The highest BCUT2D eigenvalue weighted by molar-refractivity contribution is 7.99. The van der Waals surface area contributed by atoms with E-state index in [0.29, 0.717) is 13.1 Å². The van der Waals surface area contributed by atoms with Crippen LogP contribution in [0.2, 0.25) is 0 Å². The molecular formula is C20H24FN3O2S. The van der Waals surface area contributed by atoms with Crippen molar-refractivity contribution in [1.29, 1.82) is 0 Å². The third-order valence-electron chi connectivity index (χ3n) is 3.71. The van der Waals surface area contributed by atoms with E-state index in [1.165, 1.54) is 12.1 Å². The lowest BCUT2D eigenvalue weighted by Crippen LogP contribution is -2.42. The molecule has 144 valence electrons. The number of urea groups is 1. The van der Waals surface area contributed by atoms with E-state index in [1.807, 2.05) is 31.2 Å². The van der Waals surface area contributed by atoms with Gasteiger partial charge in [0.2, 0.25) is 5.91 Å². The molecule has 0 unspecified atom stereocenters. The number of thioether (sulfide) groups is 1. The van der Waals surface area contributed by atoms with Crippen molar-refractivity contribution in [2.24, 2.45) is 0 Å². The summed E-state index contributed by atoms with van der Waals surface area (Å²) in [5.41, 5.74) is 2.16. The number of hydrogen-bond acceptors (Lipinski definition) is 3. The van der Waals surface area contributed by atoms with Crippen molar-refractivity contribution in [3.8, 4) is 0 Å². The second-order valence-corrected chi connectivity index (χ2v) is 7.20. The zero-order chi connectivity index (χ0) is 19.5. The fourth-order valence-electron chi connectivity index (χ4n) is 2.19. The van der Waals surface area contributed by atoms with Crippen molar-refractivity contribution in [3.63, 3.8) is 0 Å². The molecular weight excluding hydrogens is 365 g/mol. The fraction of sp³-hybridized carbons (Fsp3) is 0.300. The van der Waals surface area contributed by atoms with Crippen LogP contribution >= 0.6 is 11.8 Å². The smallest absolute Gasteiger partial charge is 0.315 e. The van der Waals surface area contributed by atoms with Crippen molar-refractivity contribution < 1.29 is 14.0 Å². The summed E-state index contributed by atoms with van der Waals surface area (Å²) < 4.78 is 12.8. The molecule has 27 heavy (non-hydrogen) atoms. The number of benzene rings is 2. The van der Waals surface area contributed by atoms with Crippen LogP contribution in [-0.4, -0.2) is 30.8 Å². The van der Waals surface area contributed by atoms with Gasteiger partial charge in [-0.3, -0.25) is 4.79 Å². The van der Waals surface area contributed by atoms with Crippen LogP contribution in [0.15, 0.2) is 53.4 Å². The van der Waals surface area contributed by atoms with Crippen LogP contribution in [0, 0.1) is 12.7 Å². The van der Waals surface area contributed by atoms with E-state index < -0.39 is 0 Å². The molecule has 2 aromatic rings. The van der Waals surface area contributed by atoms with Gasteiger partial charge in [-0.2, -0.15) is 0 Å². The zero-order valence-corrected chi connectivity index (χ0v) is 16.1. The maximum atomic E-state index is 12.8. The van der Waals surface area contributed by atoms with Gasteiger partial charge in [0.25, 0.3) is 0 Å². The van der Waals surface area contributed by atoms with Crippen LogP contribution in [0.4, 0.5) is 9.18 Å². The molecule has 3 amide bonds. The molecule has 0 bridgehead atoms. The average molecular weight is 389 g/mol. The van der Waals surface area contributed by atoms with Gasteiger partial charge in [0.05, 0.1) is 6.54 Å². The van der Waals surface area contributed by atoms with Gasteiger partial charge in [-0.15, -0.1) is 11.8 Å². The minimum Gasteiger partial charge on any atom is -0.355 e. The Morgan fingerprint density at radius 2 is 1.67 bits per heavy atom. The number of carbonyl (C=O) groups excluding carboxylic acids is 2. The fourth-order valence-corrected chi connectivity index (χ4v) is 3.05. The molecule has 0 saturated heterocycles. The molecule has 0 aliphatic rings. The predicted molar refractivity (Wildman–Crippen MR) is 106 cm³/mol. The Morgan fingerprint density at radius 1 is 0.963 bits per heavy atom. The highest BCUT2D eigenvalue weighted by Crippen LogP contribution is 2.18. The molecule has 5 nitrogen and oxygen atoms in total. The molecule has 0 saturated carbocycles. The van der Waals surface area contributed by atoms with Gasteiger partial charge in [0, 0.05) is 18.0 Å². The number of nitrogens with one attached hydrogen (secondary N) is 3. The van der Waals surface area contributed by atoms with Crippen LogP contribution in [-0.2, 0) is 11.3 Å². The SMILES string of the molecule is Cc1ccc(CNC(=O)NCC(=O)NCCCSc2ccc(F)cc2)cc1. The minimum atomic E-state index is -0.377. The summed E-state index contributed by atoms with van der Waals surface area (Å²) in [5, 5.41) is 8.00. The Balaban J connectivity index is 1.51. The van der Waals surface area contributed by atoms with Gasteiger partial charge in [-0.25, -0.2) is 9.18 Å². The second kappa shape index (κ2) is 11.2. The lowest BCUT2D eigenvalue weighted by atomic mass is 10.1. The maximum Gasteiger partial charge on any atom is 0.315 e. The van der Waals surface area contributed by atoms with Gasteiger partial charge < -0.3 is 16.0 Å². The Kier molecular flexibility index (Phi) is 8.64. The van der Waals surface area contributed by atoms with Crippen molar-refractivity contribution in [3.05, 3.63) is 65.5 Å². The topological polar surface area (TPSA) is 70.2 Å². The van der Waals surface area contributed by atoms with Gasteiger partial charge in [-0.05, 0) is 48.9 Å². The van der Waals surface area contributed by atoms with Gasteiger partial charge >= 0.3 is 6.03 Å². The minimum absolute atomic E-state index is 0.0646. The summed E-state index contributed by atoms with van der Waals surface area (Å²) in [4.78, 5) is 24.4. The van der Waals surface area contributed by atoms with Gasteiger partial charge in [0.1, 0.15) is 5.82 Å². The number of halogens is 1. The summed E-state index contributed by atoms with van der Waals surface area (Å²) in [6.45, 7) is 2.88. The van der Waals surface area contributed by atoms with Crippen molar-refractivity contribution >= 4 is 23.7 Å². The highest BCUT2D eigenvalue weighted by Gasteiger charge is 2.05. The third-order valence-corrected chi connectivity index (χ3v) is 4.81. The molecule has 2 aromatic carbocycles. The second-order valence-electron chi connectivity index (χ2n) is 6.03. The molecule has 2 rings (SSSR count). The van der Waals surface area contributed by atoms with Crippen molar-refractivity contribution in [2.45, 2.75) is 24.8 Å². The summed E-state index contributed by atoms with van der Waals surface area (Å²) in [7, 11) is 0. The van der Waals surface area contributed by atoms with Gasteiger partial charge in [-0.1, -0.05) is 29.8 Å². The Morgan fingerprint density at radius 3 is 2.37 bits per heavy atom. The van der Waals surface area contributed by atoms with Crippen LogP contribution in [0.5, 0.6) is 0 Å². The van der Waals surface area contributed by atoms with Crippen molar-refractivity contribution in [1.82, 2.24) is 16.0 Å². The molecule has 0 atom stereocenters. The highest BCUT2D eigenvalue weighted by atomic mass is 32.2. The monoisotopic (exact) mass is 389 g/mol. The van der Waals surface area contributed by atoms with Crippen LogP contribution in [0.1, 0.15) is 17.5 Å². The summed E-state index contributed by atoms with van der Waals surface area (Å²) >= 11 is 1.61. The number of rotatable bonds is 9. The van der Waals surface area contributed by atoms with E-state index in [1.54, 1.807) is 23.9 Å². The molecule has 3 N–H and O–H groups in total. The average Bonchev–Trinajstić information content (AvgIpc) is 2.67. The van der Waals surface area contributed by atoms with E-state index in [9.17, 15) is 14.0 Å². The molecule has 0 aliphatic carbocycles. The molecule has 0 radical (unpaired) electrons.